The molecule has 2 amide bonds. The molecule has 6 heteroatoms. The number of hydrogen-bond acceptors (Lipinski definition) is 4. The molecule has 6 nitrogen and oxygen atoms in total. The van der Waals surface area contributed by atoms with Gasteiger partial charge in [0.2, 0.25) is 5.91 Å². The molecule has 1 atom stereocenters. The molecular weight excluding hydrogens is 368 g/mol. The maximum Gasteiger partial charge on any atom is 0.308 e. The van der Waals surface area contributed by atoms with E-state index in [0.29, 0.717) is 5.69 Å². The lowest BCUT2D eigenvalue weighted by Gasteiger charge is -2.32. The van der Waals surface area contributed by atoms with Gasteiger partial charge in [0.15, 0.2) is 6.61 Å². The smallest absolute Gasteiger partial charge is 0.308 e. The zero-order valence-corrected chi connectivity index (χ0v) is 16.8. The van der Waals surface area contributed by atoms with Crippen LogP contribution in [0.3, 0.4) is 0 Å². The lowest BCUT2D eigenvalue weighted by atomic mass is 9.94. The molecule has 3 rings (SSSR count). The SMILES string of the molecule is CC(=O)N1C=Cc2ccccc2[C@H]1CC(=O)OCC(=O)Nc1ccc(C)cc1C. The summed E-state index contributed by atoms with van der Waals surface area (Å²) in [6.07, 6.45) is 3.49. The molecule has 2 aromatic carbocycles. The fraction of sp³-hybridized carbons (Fsp3) is 0.261. The van der Waals surface area contributed by atoms with Gasteiger partial charge in [-0.2, -0.15) is 0 Å². The van der Waals surface area contributed by atoms with E-state index in [2.05, 4.69) is 5.32 Å². The topological polar surface area (TPSA) is 75.7 Å². The molecule has 0 fully saturated rings. The van der Waals surface area contributed by atoms with Crippen molar-refractivity contribution in [2.45, 2.75) is 33.2 Å². The Morgan fingerprint density at radius 1 is 1.10 bits per heavy atom. The van der Waals surface area contributed by atoms with E-state index in [1.807, 2.05) is 62.4 Å². The van der Waals surface area contributed by atoms with Crippen LogP contribution in [-0.2, 0) is 19.1 Å². The van der Waals surface area contributed by atoms with Crippen molar-refractivity contribution in [3.63, 3.8) is 0 Å². The van der Waals surface area contributed by atoms with Gasteiger partial charge in [-0.15, -0.1) is 0 Å². The van der Waals surface area contributed by atoms with Crippen molar-refractivity contribution < 1.29 is 19.1 Å². The predicted molar refractivity (Wildman–Crippen MR) is 111 cm³/mol. The van der Waals surface area contributed by atoms with E-state index in [-0.39, 0.29) is 18.9 Å². The zero-order chi connectivity index (χ0) is 21.0. The second-order valence-corrected chi connectivity index (χ2v) is 7.12. The molecule has 0 saturated heterocycles. The Morgan fingerprint density at radius 2 is 1.86 bits per heavy atom. The molecule has 150 valence electrons. The van der Waals surface area contributed by atoms with Gasteiger partial charge in [0.1, 0.15) is 0 Å². The van der Waals surface area contributed by atoms with Crippen LogP contribution in [0.25, 0.3) is 6.08 Å². The van der Waals surface area contributed by atoms with E-state index in [4.69, 9.17) is 4.74 Å². The summed E-state index contributed by atoms with van der Waals surface area (Å²) in [7, 11) is 0. The van der Waals surface area contributed by atoms with Crippen molar-refractivity contribution in [1.29, 1.82) is 0 Å². The maximum absolute atomic E-state index is 12.4. The van der Waals surface area contributed by atoms with E-state index in [0.717, 1.165) is 22.3 Å². The number of ether oxygens (including phenoxy) is 1. The Kier molecular flexibility index (Phi) is 6.12. The summed E-state index contributed by atoms with van der Waals surface area (Å²) in [5, 5.41) is 2.75. The Labute approximate surface area is 170 Å². The Bertz CT molecular complexity index is 981. The number of benzene rings is 2. The maximum atomic E-state index is 12.4. The van der Waals surface area contributed by atoms with Gasteiger partial charge in [-0.25, -0.2) is 0 Å². The minimum atomic E-state index is -0.540. The predicted octanol–water partition coefficient (Wildman–Crippen LogP) is 3.75. The molecule has 0 unspecified atom stereocenters. The number of amides is 2. The molecule has 0 aromatic heterocycles. The molecule has 29 heavy (non-hydrogen) atoms. The minimum Gasteiger partial charge on any atom is -0.455 e. The molecule has 0 aliphatic carbocycles. The second-order valence-electron chi connectivity index (χ2n) is 7.12. The van der Waals surface area contributed by atoms with Crippen LogP contribution in [0.1, 0.15) is 41.6 Å². The van der Waals surface area contributed by atoms with E-state index in [1.54, 1.807) is 6.20 Å². The molecule has 1 heterocycles. The monoisotopic (exact) mass is 392 g/mol. The molecule has 0 spiro atoms. The number of aryl methyl sites for hydroxylation is 2. The van der Waals surface area contributed by atoms with Crippen molar-refractivity contribution in [3.05, 3.63) is 70.9 Å². The van der Waals surface area contributed by atoms with Gasteiger partial charge in [0.25, 0.3) is 5.91 Å². The van der Waals surface area contributed by atoms with Crippen molar-refractivity contribution in [3.8, 4) is 0 Å². The summed E-state index contributed by atoms with van der Waals surface area (Å²) >= 11 is 0. The number of carbonyl (C=O) groups is 3. The van der Waals surface area contributed by atoms with Crippen LogP contribution >= 0.6 is 0 Å². The molecule has 0 radical (unpaired) electrons. The molecule has 0 bridgehead atoms. The van der Waals surface area contributed by atoms with Crippen molar-refractivity contribution in [2.24, 2.45) is 0 Å². The summed E-state index contributed by atoms with van der Waals surface area (Å²) < 4.78 is 5.17. The third-order valence-corrected chi connectivity index (χ3v) is 4.85. The highest BCUT2D eigenvalue weighted by Gasteiger charge is 2.28. The first kappa shape index (κ1) is 20.3. The van der Waals surface area contributed by atoms with Crippen LogP contribution in [0.4, 0.5) is 5.69 Å². The summed E-state index contributed by atoms with van der Waals surface area (Å²) in [5.41, 5.74) is 4.55. The summed E-state index contributed by atoms with van der Waals surface area (Å²) in [6, 6.07) is 12.8. The van der Waals surface area contributed by atoms with Crippen molar-refractivity contribution in [1.82, 2.24) is 4.90 Å². The summed E-state index contributed by atoms with van der Waals surface area (Å²) in [4.78, 5) is 38.0. The number of anilines is 1. The van der Waals surface area contributed by atoms with Crippen molar-refractivity contribution in [2.75, 3.05) is 11.9 Å². The Balaban J connectivity index is 1.61. The first-order valence-electron chi connectivity index (χ1n) is 9.44. The van der Waals surface area contributed by atoms with E-state index in [1.165, 1.54) is 11.8 Å². The lowest BCUT2D eigenvalue weighted by molar-refractivity contribution is -0.149. The highest BCUT2D eigenvalue weighted by molar-refractivity contribution is 5.93. The molecular formula is C23H24N2O4. The minimum absolute atomic E-state index is 0.0300. The average molecular weight is 392 g/mol. The third-order valence-electron chi connectivity index (χ3n) is 4.85. The lowest BCUT2D eigenvalue weighted by Crippen LogP contribution is -2.33. The van der Waals surface area contributed by atoms with Crippen LogP contribution in [0, 0.1) is 13.8 Å². The largest absolute Gasteiger partial charge is 0.455 e. The van der Waals surface area contributed by atoms with Crippen LogP contribution in [-0.4, -0.2) is 29.3 Å². The van der Waals surface area contributed by atoms with Gasteiger partial charge in [-0.05, 0) is 42.7 Å². The molecule has 0 saturated carbocycles. The van der Waals surface area contributed by atoms with Crippen LogP contribution < -0.4 is 5.32 Å². The zero-order valence-electron chi connectivity index (χ0n) is 16.8. The number of esters is 1. The number of fused-ring (bicyclic) bond motifs is 1. The standard InChI is InChI=1S/C23H24N2O4/c1-15-8-9-20(16(2)12-15)24-22(27)14-29-23(28)13-21-19-7-5-4-6-18(19)10-11-25(21)17(3)26/h4-12,21H,13-14H2,1-3H3,(H,24,27)/t21-/m1/s1. The van der Waals surface area contributed by atoms with E-state index < -0.39 is 17.9 Å². The fourth-order valence-electron chi connectivity index (χ4n) is 3.42. The van der Waals surface area contributed by atoms with E-state index in [9.17, 15) is 14.4 Å². The normalized spacial score (nSPS) is 14.9. The third kappa shape index (κ3) is 4.90. The Morgan fingerprint density at radius 3 is 2.59 bits per heavy atom. The van der Waals surface area contributed by atoms with Gasteiger partial charge in [0, 0.05) is 18.8 Å². The highest BCUT2D eigenvalue weighted by Crippen LogP contribution is 2.33. The highest BCUT2D eigenvalue weighted by atomic mass is 16.5. The Hall–Kier alpha value is -3.41. The molecule has 1 aliphatic rings. The van der Waals surface area contributed by atoms with Crippen LogP contribution in [0.2, 0.25) is 0 Å². The quantitative estimate of drug-likeness (QED) is 0.787. The molecule has 2 aromatic rings. The fourth-order valence-corrected chi connectivity index (χ4v) is 3.42. The van der Waals surface area contributed by atoms with E-state index >= 15 is 0 Å². The van der Waals surface area contributed by atoms with Crippen LogP contribution in [0.5, 0.6) is 0 Å². The number of rotatable bonds is 5. The number of nitrogens with zero attached hydrogens (tertiary/aromatic N) is 1. The van der Waals surface area contributed by atoms with Gasteiger partial charge in [0.05, 0.1) is 12.5 Å². The second kappa shape index (κ2) is 8.73. The summed E-state index contributed by atoms with van der Waals surface area (Å²) in [6.45, 7) is 4.95. The molecule has 1 N–H and O–H groups in total. The number of hydrogen-bond donors (Lipinski definition) is 1. The van der Waals surface area contributed by atoms with Crippen LogP contribution in [0.15, 0.2) is 48.7 Å². The first-order chi connectivity index (χ1) is 13.8. The van der Waals surface area contributed by atoms with Gasteiger partial charge < -0.3 is 15.0 Å². The number of carbonyl (C=O) groups excluding carboxylic acids is 3. The number of nitrogens with one attached hydrogen (secondary N) is 1. The molecule has 1 aliphatic heterocycles. The van der Waals surface area contributed by atoms with Gasteiger partial charge >= 0.3 is 5.97 Å². The average Bonchev–Trinajstić information content (AvgIpc) is 2.68. The van der Waals surface area contributed by atoms with Gasteiger partial charge in [-0.3, -0.25) is 14.4 Å². The summed E-state index contributed by atoms with van der Waals surface area (Å²) in [5.74, 6) is -1.11. The van der Waals surface area contributed by atoms with Gasteiger partial charge in [-0.1, -0.05) is 42.0 Å². The first-order valence-corrected chi connectivity index (χ1v) is 9.44. The van der Waals surface area contributed by atoms with Crippen molar-refractivity contribution >= 4 is 29.5 Å².